The summed E-state index contributed by atoms with van der Waals surface area (Å²) in [7, 11) is 1.93. The van der Waals surface area contributed by atoms with Gasteiger partial charge in [0.25, 0.3) is 0 Å². The summed E-state index contributed by atoms with van der Waals surface area (Å²) in [6.07, 6.45) is 4.15. The van der Waals surface area contributed by atoms with E-state index in [1.165, 1.54) is 5.56 Å². The SMILES string of the molecule is Cc1nc(C2CCC(N3C[C@H](C(=O)O)OC[C@@H]3Cc3ccc(Cl)cc3)CC2)nn1C.Cl. The van der Waals surface area contributed by atoms with Crippen molar-refractivity contribution in [2.24, 2.45) is 7.05 Å². The lowest BCUT2D eigenvalue weighted by Crippen LogP contribution is -2.57. The number of aliphatic carboxylic acids is 1. The predicted octanol–water partition coefficient (Wildman–Crippen LogP) is 3.62. The third kappa shape index (κ3) is 5.58. The minimum Gasteiger partial charge on any atom is -0.479 e. The first-order valence-corrected chi connectivity index (χ1v) is 11.0. The molecule has 4 rings (SSSR count). The van der Waals surface area contributed by atoms with Gasteiger partial charge in [0.1, 0.15) is 5.82 Å². The highest BCUT2D eigenvalue weighted by Crippen LogP contribution is 2.35. The van der Waals surface area contributed by atoms with E-state index in [0.29, 0.717) is 25.1 Å². The Morgan fingerprint density at radius 1 is 1.23 bits per heavy atom. The Balaban J connectivity index is 0.00000272. The molecular weight excluding hydrogens is 439 g/mol. The molecule has 9 heteroatoms. The van der Waals surface area contributed by atoms with Crippen molar-refractivity contribution in [3.05, 3.63) is 46.5 Å². The second-order valence-electron chi connectivity index (χ2n) is 8.49. The van der Waals surface area contributed by atoms with E-state index < -0.39 is 12.1 Å². The molecule has 1 aliphatic carbocycles. The maximum absolute atomic E-state index is 11.6. The topological polar surface area (TPSA) is 80.5 Å². The van der Waals surface area contributed by atoms with E-state index in [4.69, 9.17) is 16.3 Å². The zero-order valence-corrected chi connectivity index (χ0v) is 19.5. The summed E-state index contributed by atoms with van der Waals surface area (Å²) in [6.45, 7) is 2.84. The summed E-state index contributed by atoms with van der Waals surface area (Å²) in [5, 5.41) is 14.8. The van der Waals surface area contributed by atoms with Gasteiger partial charge in [-0.25, -0.2) is 9.78 Å². The zero-order chi connectivity index (χ0) is 21.3. The van der Waals surface area contributed by atoms with Gasteiger partial charge in [0, 0.05) is 36.6 Å². The number of carboxylic acids is 1. The molecule has 0 bridgehead atoms. The van der Waals surface area contributed by atoms with Crippen LogP contribution in [-0.4, -0.2) is 62.1 Å². The summed E-state index contributed by atoms with van der Waals surface area (Å²) in [6, 6.07) is 8.40. The highest BCUT2D eigenvalue weighted by Gasteiger charge is 2.38. The van der Waals surface area contributed by atoms with Crippen LogP contribution in [0.4, 0.5) is 0 Å². The molecule has 1 aromatic heterocycles. The van der Waals surface area contributed by atoms with Crippen molar-refractivity contribution in [1.29, 1.82) is 0 Å². The maximum atomic E-state index is 11.6. The molecule has 170 valence electrons. The minimum absolute atomic E-state index is 0. The third-order valence-corrected chi connectivity index (χ3v) is 6.78. The Morgan fingerprint density at radius 2 is 1.90 bits per heavy atom. The number of benzene rings is 1. The summed E-state index contributed by atoms with van der Waals surface area (Å²) in [5.74, 6) is 1.38. The lowest BCUT2D eigenvalue weighted by atomic mass is 9.83. The first-order valence-electron chi connectivity index (χ1n) is 10.6. The Bertz CT molecular complexity index is 862. The molecule has 1 N–H and O–H groups in total. The molecule has 2 aliphatic rings. The number of hydrogen-bond acceptors (Lipinski definition) is 5. The van der Waals surface area contributed by atoms with Gasteiger partial charge in [-0.2, -0.15) is 5.10 Å². The van der Waals surface area contributed by atoms with Crippen molar-refractivity contribution in [1.82, 2.24) is 19.7 Å². The molecule has 0 radical (unpaired) electrons. The summed E-state index contributed by atoms with van der Waals surface area (Å²) < 4.78 is 7.52. The van der Waals surface area contributed by atoms with Crippen LogP contribution < -0.4 is 0 Å². The van der Waals surface area contributed by atoms with E-state index in [9.17, 15) is 9.90 Å². The molecule has 0 unspecified atom stereocenters. The number of carbonyl (C=O) groups is 1. The second kappa shape index (κ2) is 10.3. The van der Waals surface area contributed by atoms with E-state index in [1.54, 1.807) is 0 Å². The molecule has 1 aromatic carbocycles. The Morgan fingerprint density at radius 3 is 2.48 bits per heavy atom. The molecule has 7 nitrogen and oxygen atoms in total. The summed E-state index contributed by atoms with van der Waals surface area (Å²) in [4.78, 5) is 18.6. The molecule has 0 amide bonds. The monoisotopic (exact) mass is 468 g/mol. The Labute approximate surface area is 194 Å². The fraction of sp³-hybridized carbons (Fsp3) is 0.591. The minimum atomic E-state index is -0.883. The van der Waals surface area contributed by atoms with Crippen molar-refractivity contribution in [3.63, 3.8) is 0 Å². The average molecular weight is 469 g/mol. The van der Waals surface area contributed by atoms with E-state index >= 15 is 0 Å². The fourth-order valence-corrected chi connectivity index (χ4v) is 4.83. The normalized spacial score (nSPS) is 26.9. The standard InChI is InChI=1S/C22H29ClN4O3.ClH/c1-14-24-21(25-26(14)2)16-5-9-18(10-6-16)27-12-20(22(28)29)30-13-19(27)11-15-3-7-17(23)8-4-15;/h3-4,7-8,16,18-20H,5-6,9-13H2,1-2H3,(H,28,29);1H/t16?,18?,19-,20+;/m0./s1. The predicted molar refractivity (Wildman–Crippen MR) is 121 cm³/mol. The number of ether oxygens (including phenoxy) is 1. The average Bonchev–Trinajstić information content (AvgIpc) is 3.08. The van der Waals surface area contributed by atoms with E-state index in [2.05, 4.69) is 15.0 Å². The number of nitrogens with zero attached hydrogens (tertiary/aromatic N) is 4. The Hall–Kier alpha value is -1.67. The van der Waals surface area contributed by atoms with Gasteiger partial charge in [-0.1, -0.05) is 23.7 Å². The highest BCUT2D eigenvalue weighted by atomic mass is 35.5. The molecule has 0 spiro atoms. The number of aryl methyl sites for hydroxylation is 2. The van der Waals surface area contributed by atoms with Crippen molar-refractivity contribution in [3.8, 4) is 0 Å². The number of rotatable bonds is 5. The molecule has 2 heterocycles. The van der Waals surface area contributed by atoms with E-state index in [1.807, 2.05) is 42.9 Å². The molecular formula is C22H30Cl2N4O3. The van der Waals surface area contributed by atoms with Gasteiger partial charge in [-0.3, -0.25) is 9.58 Å². The first-order chi connectivity index (χ1) is 14.4. The lowest BCUT2D eigenvalue weighted by molar-refractivity contribution is -0.162. The number of morpholine rings is 1. The highest BCUT2D eigenvalue weighted by molar-refractivity contribution is 6.30. The first kappa shape index (κ1) is 24.0. The smallest absolute Gasteiger partial charge is 0.334 e. The molecule has 1 saturated carbocycles. The van der Waals surface area contributed by atoms with E-state index in [0.717, 1.165) is 48.8 Å². The van der Waals surface area contributed by atoms with Gasteiger partial charge in [0.15, 0.2) is 11.9 Å². The van der Waals surface area contributed by atoms with Crippen molar-refractivity contribution in [2.45, 2.75) is 63.1 Å². The molecule has 2 aromatic rings. The van der Waals surface area contributed by atoms with Gasteiger partial charge in [-0.15, -0.1) is 12.4 Å². The van der Waals surface area contributed by atoms with Crippen LogP contribution in [0.15, 0.2) is 24.3 Å². The molecule has 1 aliphatic heterocycles. The van der Waals surface area contributed by atoms with Crippen LogP contribution in [0.25, 0.3) is 0 Å². The molecule has 1 saturated heterocycles. The van der Waals surface area contributed by atoms with Gasteiger partial charge >= 0.3 is 5.97 Å². The third-order valence-electron chi connectivity index (χ3n) is 6.52. The fourth-order valence-electron chi connectivity index (χ4n) is 4.71. The van der Waals surface area contributed by atoms with E-state index in [-0.39, 0.29) is 18.4 Å². The quantitative estimate of drug-likeness (QED) is 0.721. The maximum Gasteiger partial charge on any atom is 0.334 e. The van der Waals surface area contributed by atoms with Crippen molar-refractivity contribution < 1.29 is 14.6 Å². The largest absolute Gasteiger partial charge is 0.479 e. The van der Waals surface area contributed by atoms with Crippen LogP contribution >= 0.6 is 24.0 Å². The number of carboxylic acid groups (broad SMARTS) is 1. The van der Waals surface area contributed by atoms with Crippen LogP contribution in [0, 0.1) is 6.92 Å². The summed E-state index contributed by atoms with van der Waals surface area (Å²) in [5.41, 5.74) is 1.19. The van der Waals surface area contributed by atoms with Gasteiger partial charge < -0.3 is 9.84 Å². The molecule has 2 fully saturated rings. The van der Waals surface area contributed by atoms with Gasteiger partial charge in [0.05, 0.1) is 6.61 Å². The zero-order valence-electron chi connectivity index (χ0n) is 17.9. The van der Waals surface area contributed by atoms with Gasteiger partial charge in [-0.05, 0) is 56.7 Å². The van der Waals surface area contributed by atoms with Crippen molar-refractivity contribution >= 4 is 30.0 Å². The summed E-state index contributed by atoms with van der Waals surface area (Å²) >= 11 is 6.02. The van der Waals surface area contributed by atoms with Crippen LogP contribution in [0.3, 0.4) is 0 Å². The van der Waals surface area contributed by atoms with Crippen LogP contribution in [0.1, 0.15) is 48.8 Å². The van der Waals surface area contributed by atoms with Crippen LogP contribution in [0.2, 0.25) is 5.02 Å². The second-order valence-corrected chi connectivity index (χ2v) is 8.92. The number of hydrogen-bond donors (Lipinski definition) is 1. The van der Waals surface area contributed by atoms with Crippen LogP contribution in [0.5, 0.6) is 0 Å². The van der Waals surface area contributed by atoms with Gasteiger partial charge in [0.2, 0.25) is 0 Å². The Kier molecular flexibility index (Phi) is 7.97. The molecule has 31 heavy (non-hydrogen) atoms. The number of aromatic nitrogens is 3. The number of halogens is 2. The molecule has 2 atom stereocenters. The lowest BCUT2D eigenvalue weighted by Gasteiger charge is -2.45. The van der Waals surface area contributed by atoms with Crippen molar-refractivity contribution in [2.75, 3.05) is 13.2 Å². The van der Waals surface area contributed by atoms with Crippen LogP contribution in [-0.2, 0) is 23.0 Å².